The van der Waals surface area contributed by atoms with E-state index in [1.165, 1.54) is 5.56 Å². The predicted molar refractivity (Wildman–Crippen MR) is 73.0 cm³/mol. The Morgan fingerprint density at radius 1 is 1.00 bits per heavy atom. The maximum Gasteiger partial charge on any atom is 0.314 e. The van der Waals surface area contributed by atoms with Crippen molar-refractivity contribution in [3.8, 4) is 0 Å². The van der Waals surface area contributed by atoms with E-state index in [0.29, 0.717) is 25.9 Å². The van der Waals surface area contributed by atoms with E-state index in [9.17, 15) is 9.59 Å². The Labute approximate surface area is 113 Å². The Hall–Kier alpha value is -2.04. The highest BCUT2D eigenvalue weighted by atomic mass is 16.4. The number of benzene rings is 1. The molecule has 0 fully saturated rings. The van der Waals surface area contributed by atoms with Crippen LogP contribution in [0.4, 0.5) is 4.79 Å². The Kier molecular flexibility index (Phi) is 7.09. The van der Waals surface area contributed by atoms with Crippen LogP contribution < -0.4 is 10.6 Å². The summed E-state index contributed by atoms with van der Waals surface area (Å²) in [6.07, 6.45) is 2.21. The smallest absolute Gasteiger partial charge is 0.314 e. The molecule has 5 nitrogen and oxygen atoms in total. The lowest BCUT2D eigenvalue weighted by Crippen LogP contribution is -2.37. The second kappa shape index (κ2) is 8.97. The summed E-state index contributed by atoms with van der Waals surface area (Å²) in [5, 5.41) is 13.9. The van der Waals surface area contributed by atoms with Crippen LogP contribution in [0.5, 0.6) is 0 Å². The molecule has 5 heteroatoms. The minimum absolute atomic E-state index is 0.150. The van der Waals surface area contributed by atoms with Gasteiger partial charge in [0.25, 0.3) is 0 Å². The fourth-order valence-electron chi connectivity index (χ4n) is 1.63. The third kappa shape index (κ3) is 7.81. The first-order valence-corrected chi connectivity index (χ1v) is 6.46. The van der Waals surface area contributed by atoms with E-state index >= 15 is 0 Å². The summed E-state index contributed by atoms with van der Waals surface area (Å²) in [7, 11) is 0. The number of carbonyl (C=O) groups is 2. The van der Waals surface area contributed by atoms with E-state index in [-0.39, 0.29) is 12.5 Å². The van der Waals surface area contributed by atoms with E-state index in [2.05, 4.69) is 10.6 Å². The van der Waals surface area contributed by atoms with E-state index < -0.39 is 5.97 Å². The average molecular weight is 264 g/mol. The van der Waals surface area contributed by atoms with E-state index in [1.807, 2.05) is 30.3 Å². The van der Waals surface area contributed by atoms with Crippen LogP contribution in [0.25, 0.3) is 0 Å². The first-order chi connectivity index (χ1) is 9.18. The van der Waals surface area contributed by atoms with E-state index in [0.717, 1.165) is 6.42 Å². The van der Waals surface area contributed by atoms with Crippen molar-refractivity contribution >= 4 is 12.0 Å². The Bertz CT molecular complexity index is 393. The molecule has 0 aromatic heterocycles. The number of nitrogens with one attached hydrogen (secondary N) is 2. The molecule has 0 saturated heterocycles. The van der Waals surface area contributed by atoms with Gasteiger partial charge in [0.05, 0.1) is 0 Å². The number of carbonyl (C=O) groups excluding carboxylic acids is 1. The maximum absolute atomic E-state index is 11.4. The lowest BCUT2D eigenvalue weighted by Gasteiger charge is -2.07. The van der Waals surface area contributed by atoms with Crippen LogP contribution in [-0.4, -0.2) is 30.2 Å². The highest BCUT2D eigenvalue weighted by Crippen LogP contribution is 1.98. The molecule has 104 valence electrons. The molecule has 0 heterocycles. The topological polar surface area (TPSA) is 78.4 Å². The van der Waals surface area contributed by atoms with Gasteiger partial charge in [-0.25, -0.2) is 4.79 Å². The summed E-state index contributed by atoms with van der Waals surface area (Å²) >= 11 is 0. The molecule has 0 unspecified atom stereocenters. The summed E-state index contributed by atoms with van der Waals surface area (Å²) < 4.78 is 0. The molecule has 1 aromatic carbocycles. The monoisotopic (exact) mass is 264 g/mol. The molecule has 3 N–H and O–H groups in total. The van der Waals surface area contributed by atoms with Gasteiger partial charge in [-0.15, -0.1) is 0 Å². The van der Waals surface area contributed by atoms with Gasteiger partial charge in [-0.2, -0.15) is 0 Å². The van der Waals surface area contributed by atoms with E-state index in [4.69, 9.17) is 5.11 Å². The number of carboxylic acids is 1. The van der Waals surface area contributed by atoms with Gasteiger partial charge in [0.1, 0.15) is 0 Å². The second-order valence-electron chi connectivity index (χ2n) is 4.27. The fourth-order valence-corrected chi connectivity index (χ4v) is 1.63. The van der Waals surface area contributed by atoms with Gasteiger partial charge in [-0.1, -0.05) is 30.3 Å². The van der Waals surface area contributed by atoms with Crippen LogP contribution in [0.3, 0.4) is 0 Å². The molecule has 1 aromatic rings. The van der Waals surface area contributed by atoms with E-state index in [1.54, 1.807) is 0 Å². The standard InChI is InChI=1S/C14H20N2O3/c17-13(18)8-4-5-10-15-14(19)16-11-9-12-6-2-1-3-7-12/h1-3,6-7H,4-5,8-11H2,(H,17,18)(H2,15,16,19). The molecule has 0 bridgehead atoms. The lowest BCUT2D eigenvalue weighted by molar-refractivity contribution is -0.137. The summed E-state index contributed by atoms with van der Waals surface area (Å²) in [6, 6.07) is 9.74. The van der Waals surface area contributed by atoms with Crippen LogP contribution in [0.15, 0.2) is 30.3 Å². The third-order valence-electron chi connectivity index (χ3n) is 2.65. The highest BCUT2D eigenvalue weighted by molar-refractivity contribution is 5.73. The number of hydrogen-bond acceptors (Lipinski definition) is 2. The van der Waals surface area contributed by atoms with Crippen molar-refractivity contribution in [3.05, 3.63) is 35.9 Å². The number of unbranched alkanes of at least 4 members (excludes halogenated alkanes) is 1. The van der Waals surface area contributed by atoms with Crippen molar-refractivity contribution in [2.24, 2.45) is 0 Å². The molecule has 2 amide bonds. The largest absolute Gasteiger partial charge is 0.481 e. The van der Waals surface area contributed by atoms with Crippen molar-refractivity contribution in [1.29, 1.82) is 0 Å². The molecular formula is C14H20N2O3. The molecule has 0 saturated carbocycles. The molecule has 0 aliphatic rings. The number of amides is 2. The number of carboxylic acid groups (broad SMARTS) is 1. The normalized spacial score (nSPS) is 9.89. The molecule has 0 radical (unpaired) electrons. The fraction of sp³-hybridized carbons (Fsp3) is 0.429. The molecule has 19 heavy (non-hydrogen) atoms. The van der Waals surface area contributed by atoms with Gasteiger partial charge < -0.3 is 15.7 Å². The summed E-state index contributed by atoms with van der Waals surface area (Å²) in [6.45, 7) is 1.09. The van der Waals surface area contributed by atoms with Crippen LogP contribution >= 0.6 is 0 Å². The highest BCUT2D eigenvalue weighted by Gasteiger charge is 2.00. The van der Waals surface area contributed by atoms with Gasteiger partial charge in [-0.3, -0.25) is 4.79 Å². The van der Waals surface area contributed by atoms with Gasteiger partial charge in [0, 0.05) is 19.5 Å². The van der Waals surface area contributed by atoms with Gasteiger partial charge >= 0.3 is 12.0 Å². The summed E-state index contributed by atoms with van der Waals surface area (Å²) in [5.74, 6) is -0.799. The predicted octanol–water partition coefficient (Wildman–Crippen LogP) is 1.78. The molecular weight excluding hydrogens is 244 g/mol. The van der Waals surface area contributed by atoms with Crippen molar-refractivity contribution in [2.45, 2.75) is 25.7 Å². The van der Waals surface area contributed by atoms with Gasteiger partial charge in [0.2, 0.25) is 0 Å². The SMILES string of the molecule is O=C(O)CCCCNC(=O)NCCc1ccccc1. The first-order valence-electron chi connectivity index (χ1n) is 6.46. The van der Waals surface area contributed by atoms with Crippen molar-refractivity contribution in [3.63, 3.8) is 0 Å². The number of rotatable bonds is 8. The average Bonchev–Trinajstić information content (AvgIpc) is 2.39. The Morgan fingerprint density at radius 2 is 1.68 bits per heavy atom. The number of urea groups is 1. The third-order valence-corrected chi connectivity index (χ3v) is 2.65. The first kappa shape index (κ1) is 15.0. The lowest BCUT2D eigenvalue weighted by atomic mass is 10.1. The van der Waals surface area contributed by atoms with Crippen LogP contribution in [0.2, 0.25) is 0 Å². The zero-order valence-corrected chi connectivity index (χ0v) is 10.9. The number of aliphatic carboxylic acids is 1. The molecule has 1 rings (SSSR count). The Morgan fingerprint density at radius 3 is 2.37 bits per heavy atom. The minimum atomic E-state index is -0.799. The number of hydrogen-bond donors (Lipinski definition) is 3. The summed E-state index contributed by atoms with van der Waals surface area (Å²) in [5.41, 5.74) is 1.18. The van der Waals surface area contributed by atoms with Gasteiger partial charge in [0.15, 0.2) is 0 Å². The quantitative estimate of drug-likeness (QED) is 0.626. The van der Waals surface area contributed by atoms with Crippen molar-refractivity contribution in [1.82, 2.24) is 10.6 Å². The molecule has 0 aliphatic carbocycles. The molecule has 0 aliphatic heterocycles. The molecule has 0 spiro atoms. The van der Waals surface area contributed by atoms with Crippen molar-refractivity contribution < 1.29 is 14.7 Å². The minimum Gasteiger partial charge on any atom is -0.481 e. The Balaban J connectivity index is 2.01. The van der Waals surface area contributed by atoms with Gasteiger partial charge in [-0.05, 0) is 24.8 Å². The zero-order valence-electron chi connectivity index (χ0n) is 10.9. The maximum atomic E-state index is 11.4. The van der Waals surface area contributed by atoms with Crippen LogP contribution in [0.1, 0.15) is 24.8 Å². The van der Waals surface area contributed by atoms with Crippen molar-refractivity contribution in [2.75, 3.05) is 13.1 Å². The zero-order chi connectivity index (χ0) is 13.9. The second-order valence-corrected chi connectivity index (χ2v) is 4.27. The summed E-state index contributed by atoms with van der Waals surface area (Å²) in [4.78, 5) is 21.7. The van der Waals surface area contributed by atoms with Crippen LogP contribution in [0, 0.1) is 0 Å². The molecule has 0 atom stereocenters. The van der Waals surface area contributed by atoms with Crippen LogP contribution in [-0.2, 0) is 11.2 Å².